The third kappa shape index (κ3) is 2.46. The lowest BCUT2D eigenvalue weighted by Crippen LogP contribution is -2.36. The topological polar surface area (TPSA) is 34.2 Å². The zero-order valence-electron chi connectivity index (χ0n) is 11.4. The Labute approximate surface area is 113 Å². The van der Waals surface area contributed by atoms with E-state index in [2.05, 4.69) is 31.1 Å². The number of nitrogens with one attached hydrogen (secondary N) is 1. The van der Waals surface area contributed by atoms with E-state index in [0.717, 1.165) is 6.54 Å². The van der Waals surface area contributed by atoms with Crippen molar-refractivity contribution in [3.63, 3.8) is 0 Å². The summed E-state index contributed by atoms with van der Waals surface area (Å²) in [4.78, 5) is 5.86. The Kier molecular flexibility index (Phi) is 3.20. The summed E-state index contributed by atoms with van der Waals surface area (Å²) in [6, 6.07) is 0.559. The summed E-state index contributed by atoms with van der Waals surface area (Å²) in [5.74, 6) is 0. The fourth-order valence-electron chi connectivity index (χ4n) is 2.82. The predicted molar refractivity (Wildman–Crippen MR) is 74.0 cm³/mol. The Morgan fingerprint density at radius 3 is 2.83 bits per heavy atom. The van der Waals surface area contributed by atoms with Gasteiger partial charge in [0.05, 0.1) is 17.2 Å². The highest BCUT2D eigenvalue weighted by Gasteiger charge is 2.40. The molecule has 18 heavy (non-hydrogen) atoms. The van der Waals surface area contributed by atoms with Crippen LogP contribution in [0.1, 0.15) is 49.9 Å². The zero-order valence-corrected chi connectivity index (χ0v) is 12.2. The molecule has 2 aliphatic heterocycles. The number of nitrogens with zero attached hydrogens (tertiary/aromatic N) is 1. The molecule has 0 spiro atoms. The molecule has 1 aromatic heterocycles. The molecule has 0 radical (unpaired) electrons. The van der Waals surface area contributed by atoms with E-state index in [1.165, 1.54) is 29.1 Å². The van der Waals surface area contributed by atoms with Gasteiger partial charge in [-0.15, -0.1) is 11.3 Å². The first kappa shape index (κ1) is 12.6. The van der Waals surface area contributed by atoms with Crippen molar-refractivity contribution >= 4 is 11.3 Å². The van der Waals surface area contributed by atoms with Gasteiger partial charge in [-0.05, 0) is 19.3 Å². The van der Waals surface area contributed by atoms with Gasteiger partial charge < -0.3 is 10.1 Å². The minimum absolute atomic E-state index is 0.165. The van der Waals surface area contributed by atoms with E-state index in [1.54, 1.807) is 0 Å². The average Bonchev–Trinajstić information content (AvgIpc) is 3.01. The lowest BCUT2D eigenvalue weighted by atomic mass is 9.95. The SMILES string of the molecule is CC(C)(C)c1ncc(CNC2CC3CCC2O3)s1. The Hall–Kier alpha value is -0.450. The van der Waals surface area contributed by atoms with Crippen LogP contribution in [0.4, 0.5) is 0 Å². The molecule has 0 saturated carbocycles. The molecule has 3 nitrogen and oxygen atoms in total. The molecule has 4 heteroatoms. The largest absolute Gasteiger partial charge is 0.373 e. The molecular formula is C14H22N2OS. The second-order valence-electron chi connectivity index (χ2n) is 6.48. The van der Waals surface area contributed by atoms with Crippen LogP contribution in [0.2, 0.25) is 0 Å². The highest BCUT2D eigenvalue weighted by Crippen LogP contribution is 2.34. The number of hydrogen-bond donors (Lipinski definition) is 1. The van der Waals surface area contributed by atoms with Gasteiger partial charge in [0.25, 0.3) is 0 Å². The van der Waals surface area contributed by atoms with Crippen molar-refractivity contribution < 1.29 is 4.74 Å². The van der Waals surface area contributed by atoms with E-state index in [-0.39, 0.29) is 5.41 Å². The van der Waals surface area contributed by atoms with Gasteiger partial charge in [-0.3, -0.25) is 0 Å². The number of thiazole rings is 1. The summed E-state index contributed by atoms with van der Waals surface area (Å²) in [5.41, 5.74) is 0.165. The minimum atomic E-state index is 0.165. The monoisotopic (exact) mass is 266 g/mol. The summed E-state index contributed by atoms with van der Waals surface area (Å²) >= 11 is 1.83. The molecule has 1 aromatic rings. The standard InChI is InChI=1S/C14H22N2OS/c1-14(2,3)13-16-8-10(18-13)7-15-11-6-9-4-5-12(11)17-9/h8-9,11-12,15H,4-7H2,1-3H3. The Morgan fingerprint density at radius 2 is 2.28 bits per heavy atom. The molecular weight excluding hydrogens is 244 g/mol. The van der Waals surface area contributed by atoms with E-state index >= 15 is 0 Å². The second kappa shape index (κ2) is 4.58. The third-order valence-corrected chi connectivity index (χ3v) is 5.26. The molecule has 1 N–H and O–H groups in total. The second-order valence-corrected chi connectivity index (χ2v) is 7.59. The van der Waals surface area contributed by atoms with Crippen molar-refractivity contribution in [1.29, 1.82) is 0 Å². The molecule has 100 valence electrons. The predicted octanol–water partition coefficient (Wildman–Crippen LogP) is 2.85. The number of fused-ring (bicyclic) bond motifs is 2. The van der Waals surface area contributed by atoms with Crippen LogP contribution < -0.4 is 5.32 Å². The normalized spacial score (nSPS) is 31.2. The number of hydrogen-bond acceptors (Lipinski definition) is 4. The van der Waals surface area contributed by atoms with Gasteiger partial charge in [0, 0.05) is 29.1 Å². The van der Waals surface area contributed by atoms with Gasteiger partial charge in [-0.25, -0.2) is 4.98 Å². The number of aromatic nitrogens is 1. The molecule has 3 unspecified atom stereocenters. The van der Waals surface area contributed by atoms with Crippen molar-refractivity contribution in [2.75, 3.05) is 0 Å². The van der Waals surface area contributed by atoms with E-state index in [9.17, 15) is 0 Å². The maximum absolute atomic E-state index is 5.86. The fourth-order valence-corrected chi connectivity index (χ4v) is 3.74. The lowest BCUT2D eigenvalue weighted by Gasteiger charge is -2.19. The van der Waals surface area contributed by atoms with Crippen LogP contribution in [0, 0.1) is 0 Å². The molecule has 3 rings (SSSR count). The first-order valence-corrected chi connectivity index (χ1v) is 7.68. The molecule has 2 bridgehead atoms. The molecule has 3 atom stereocenters. The Morgan fingerprint density at radius 1 is 1.44 bits per heavy atom. The number of ether oxygens (including phenoxy) is 1. The van der Waals surface area contributed by atoms with Gasteiger partial charge in [0.1, 0.15) is 0 Å². The quantitative estimate of drug-likeness (QED) is 0.913. The Balaban J connectivity index is 1.56. The summed E-state index contributed by atoms with van der Waals surface area (Å²) in [7, 11) is 0. The maximum atomic E-state index is 5.86. The average molecular weight is 266 g/mol. The molecule has 2 aliphatic rings. The van der Waals surface area contributed by atoms with Crippen LogP contribution >= 0.6 is 11.3 Å². The fraction of sp³-hybridized carbons (Fsp3) is 0.786. The van der Waals surface area contributed by atoms with Crippen LogP contribution in [-0.2, 0) is 16.7 Å². The van der Waals surface area contributed by atoms with Crippen molar-refractivity contribution in [3.8, 4) is 0 Å². The highest BCUT2D eigenvalue weighted by atomic mass is 32.1. The molecule has 0 aromatic carbocycles. The summed E-state index contributed by atoms with van der Waals surface area (Å²) < 4.78 is 5.86. The van der Waals surface area contributed by atoms with Crippen LogP contribution in [0.25, 0.3) is 0 Å². The zero-order chi connectivity index (χ0) is 12.8. The van der Waals surface area contributed by atoms with E-state index in [1.807, 2.05) is 17.5 Å². The van der Waals surface area contributed by atoms with E-state index < -0.39 is 0 Å². The van der Waals surface area contributed by atoms with Gasteiger partial charge >= 0.3 is 0 Å². The minimum Gasteiger partial charge on any atom is -0.373 e. The van der Waals surface area contributed by atoms with Gasteiger partial charge in [0.15, 0.2) is 0 Å². The molecule has 2 saturated heterocycles. The molecule has 0 aliphatic carbocycles. The summed E-state index contributed by atoms with van der Waals surface area (Å²) in [5, 5.41) is 4.86. The number of rotatable bonds is 3. The molecule has 0 amide bonds. The summed E-state index contributed by atoms with van der Waals surface area (Å²) in [6.45, 7) is 7.58. The third-order valence-electron chi connectivity index (χ3n) is 3.84. The van der Waals surface area contributed by atoms with Gasteiger partial charge in [-0.1, -0.05) is 20.8 Å². The van der Waals surface area contributed by atoms with Crippen LogP contribution in [0.15, 0.2) is 6.20 Å². The van der Waals surface area contributed by atoms with Gasteiger partial charge in [0.2, 0.25) is 0 Å². The van der Waals surface area contributed by atoms with Crippen molar-refractivity contribution in [1.82, 2.24) is 10.3 Å². The van der Waals surface area contributed by atoms with E-state index in [0.29, 0.717) is 18.2 Å². The maximum Gasteiger partial charge on any atom is 0.0981 e. The van der Waals surface area contributed by atoms with Crippen molar-refractivity contribution in [2.45, 2.75) is 70.2 Å². The first-order valence-electron chi connectivity index (χ1n) is 6.86. The van der Waals surface area contributed by atoms with E-state index in [4.69, 9.17) is 4.74 Å². The Bertz CT molecular complexity index is 424. The summed E-state index contributed by atoms with van der Waals surface area (Å²) in [6.07, 6.45) is 6.70. The van der Waals surface area contributed by atoms with Crippen LogP contribution in [0.5, 0.6) is 0 Å². The molecule has 3 heterocycles. The van der Waals surface area contributed by atoms with Gasteiger partial charge in [-0.2, -0.15) is 0 Å². The molecule has 2 fully saturated rings. The van der Waals surface area contributed by atoms with Crippen LogP contribution in [0.3, 0.4) is 0 Å². The van der Waals surface area contributed by atoms with Crippen molar-refractivity contribution in [3.05, 3.63) is 16.1 Å². The van der Waals surface area contributed by atoms with Crippen molar-refractivity contribution in [2.24, 2.45) is 0 Å². The first-order chi connectivity index (χ1) is 8.52. The van der Waals surface area contributed by atoms with Crippen LogP contribution in [-0.4, -0.2) is 23.2 Å². The highest BCUT2D eigenvalue weighted by molar-refractivity contribution is 7.11. The smallest absolute Gasteiger partial charge is 0.0981 e. The lowest BCUT2D eigenvalue weighted by molar-refractivity contribution is 0.0973.